The van der Waals surface area contributed by atoms with Crippen molar-refractivity contribution >= 4 is 0 Å². The number of azide groups is 1. The van der Waals surface area contributed by atoms with Crippen LogP contribution in [-0.2, 0) is 50.1 Å². The normalized spacial score (nSPS) is 22.8. The molecule has 8 nitrogen and oxygen atoms in total. The van der Waals surface area contributed by atoms with Crippen LogP contribution in [0.25, 0.3) is 10.4 Å². The maximum Gasteiger partial charge on any atom is 0.179 e. The first-order valence-electron chi connectivity index (χ1n) is 15.1. The summed E-state index contributed by atoms with van der Waals surface area (Å²) in [4.78, 5) is 3.22. The second-order valence-corrected chi connectivity index (χ2v) is 10.9. The van der Waals surface area contributed by atoms with Crippen LogP contribution < -0.4 is 0 Å². The van der Waals surface area contributed by atoms with Crippen LogP contribution >= 0.6 is 0 Å². The van der Waals surface area contributed by atoms with E-state index in [-0.39, 0.29) is 19.6 Å². The van der Waals surface area contributed by atoms with Crippen molar-refractivity contribution in [3.63, 3.8) is 0 Å². The van der Waals surface area contributed by atoms with Gasteiger partial charge in [0, 0.05) is 11.3 Å². The van der Waals surface area contributed by atoms with Crippen LogP contribution in [0.1, 0.15) is 28.7 Å². The molecule has 1 saturated heterocycles. The smallest absolute Gasteiger partial charge is 0.179 e. The Kier molecular flexibility index (Phi) is 11.9. The van der Waals surface area contributed by atoms with Gasteiger partial charge in [-0.3, -0.25) is 0 Å². The zero-order valence-electron chi connectivity index (χ0n) is 25.3. The molecule has 0 bridgehead atoms. The average Bonchev–Trinajstić information content (AvgIpc) is 3.08. The number of hydrogen-bond donors (Lipinski definition) is 0. The van der Waals surface area contributed by atoms with E-state index in [0.29, 0.717) is 19.8 Å². The Morgan fingerprint density at radius 2 is 1.11 bits per heavy atom. The fraction of sp³-hybridized carbons (Fsp3) is 0.297. The molecule has 4 aromatic rings. The van der Waals surface area contributed by atoms with E-state index < -0.39 is 30.1 Å². The van der Waals surface area contributed by atoms with Gasteiger partial charge in [-0.15, -0.1) is 6.58 Å². The number of benzene rings is 4. The summed E-state index contributed by atoms with van der Waals surface area (Å²) < 4.78 is 32.9. The van der Waals surface area contributed by atoms with E-state index in [1.807, 2.05) is 121 Å². The Labute approximate surface area is 264 Å². The first-order chi connectivity index (χ1) is 22.2. The Morgan fingerprint density at radius 1 is 0.667 bits per heavy atom. The molecule has 1 aliphatic rings. The summed E-state index contributed by atoms with van der Waals surface area (Å²) in [6.45, 7) is 5.36. The molecule has 8 heteroatoms. The van der Waals surface area contributed by atoms with Crippen LogP contribution in [0.15, 0.2) is 139 Å². The summed E-state index contributed by atoms with van der Waals surface area (Å²) in [5, 5.41) is 4.24. The molecule has 0 aliphatic carbocycles. The highest BCUT2D eigenvalue weighted by Crippen LogP contribution is 2.40. The third-order valence-electron chi connectivity index (χ3n) is 7.68. The summed E-state index contributed by atoms with van der Waals surface area (Å²) in [5.74, 6) is 0. The molecule has 1 aliphatic heterocycles. The lowest BCUT2D eigenvalue weighted by molar-refractivity contribution is -0.306. The van der Waals surface area contributed by atoms with Gasteiger partial charge in [-0.2, -0.15) is 0 Å². The monoisotopic (exact) mass is 605 g/mol. The fourth-order valence-electron chi connectivity index (χ4n) is 5.50. The molecule has 5 atom stereocenters. The van der Waals surface area contributed by atoms with Crippen molar-refractivity contribution in [1.29, 1.82) is 0 Å². The largest absolute Gasteiger partial charge is 0.374 e. The molecule has 0 saturated carbocycles. The molecule has 1 fully saturated rings. The summed E-state index contributed by atoms with van der Waals surface area (Å²) in [5.41, 5.74) is 12.3. The highest BCUT2D eigenvalue weighted by atomic mass is 16.6. The van der Waals surface area contributed by atoms with Crippen molar-refractivity contribution in [1.82, 2.24) is 0 Å². The van der Waals surface area contributed by atoms with E-state index >= 15 is 0 Å². The van der Waals surface area contributed by atoms with E-state index in [0.717, 1.165) is 22.3 Å². The van der Waals surface area contributed by atoms with Crippen molar-refractivity contribution in [2.75, 3.05) is 6.61 Å². The van der Waals surface area contributed by atoms with Gasteiger partial charge in [0.05, 0.1) is 33.0 Å². The topological polar surface area (TPSA) is 94.9 Å². The molecule has 0 unspecified atom stereocenters. The van der Waals surface area contributed by atoms with Gasteiger partial charge in [0.2, 0.25) is 0 Å². The van der Waals surface area contributed by atoms with Crippen molar-refractivity contribution in [2.24, 2.45) is 5.11 Å². The van der Waals surface area contributed by atoms with Gasteiger partial charge in [0.15, 0.2) is 5.72 Å². The minimum Gasteiger partial charge on any atom is -0.374 e. The van der Waals surface area contributed by atoms with Gasteiger partial charge in [0.25, 0.3) is 0 Å². The zero-order chi connectivity index (χ0) is 31.2. The predicted octanol–water partition coefficient (Wildman–Crippen LogP) is 7.94. The van der Waals surface area contributed by atoms with Crippen LogP contribution in [0.3, 0.4) is 0 Å². The zero-order valence-corrected chi connectivity index (χ0v) is 25.3. The van der Waals surface area contributed by atoms with Crippen molar-refractivity contribution < 1.29 is 23.7 Å². The molecule has 0 radical (unpaired) electrons. The molecular weight excluding hydrogens is 566 g/mol. The van der Waals surface area contributed by atoms with Crippen LogP contribution in [0, 0.1) is 0 Å². The average molecular weight is 606 g/mol. The van der Waals surface area contributed by atoms with Gasteiger partial charge in [-0.05, 0) is 27.8 Å². The van der Waals surface area contributed by atoms with E-state index in [9.17, 15) is 5.53 Å². The summed E-state index contributed by atoms with van der Waals surface area (Å²) in [6, 6.07) is 39.6. The third kappa shape index (κ3) is 8.90. The molecule has 0 N–H and O–H groups in total. The number of hydrogen-bond acceptors (Lipinski definition) is 6. The van der Waals surface area contributed by atoms with Crippen molar-refractivity contribution in [2.45, 2.75) is 63.0 Å². The van der Waals surface area contributed by atoms with Gasteiger partial charge in [-0.1, -0.05) is 133 Å². The van der Waals surface area contributed by atoms with E-state index in [2.05, 4.69) is 16.6 Å². The second kappa shape index (κ2) is 16.7. The molecule has 0 amide bonds. The van der Waals surface area contributed by atoms with Gasteiger partial charge >= 0.3 is 0 Å². The first kappa shape index (κ1) is 32.1. The molecule has 1 heterocycles. The predicted molar refractivity (Wildman–Crippen MR) is 173 cm³/mol. The minimum absolute atomic E-state index is 0.171. The van der Waals surface area contributed by atoms with Gasteiger partial charge in [-0.25, -0.2) is 0 Å². The van der Waals surface area contributed by atoms with Crippen molar-refractivity contribution in [3.8, 4) is 0 Å². The van der Waals surface area contributed by atoms with Gasteiger partial charge < -0.3 is 23.7 Å². The SMILES string of the molecule is C=CC[C@]1(N=[N+]=[N-])O[C@H](COCc2ccccc2)[C@@H](OCc2ccccc2)[C@H](OCc2ccccc2)[C@H]1OCc1ccccc1. The minimum atomic E-state index is -1.46. The Balaban J connectivity index is 1.50. The molecule has 5 rings (SSSR count). The van der Waals surface area contributed by atoms with E-state index in [4.69, 9.17) is 23.7 Å². The van der Waals surface area contributed by atoms with Crippen LogP contribution in [-0.4, -0.2) is 36.7 Å². The number of nitrogens with zero attached hydrogens (tertiary/aromatic N) is 3. The number of ether oxygens (including phenoxy) is 5. The van der Waals surface area contributed by atoms with Crippen molar-refractivity contribution in [3.05, 3.63) is 167 Å². The van der Waals surface area contributed by atoms with Crippen LogP contribution in [0.2, 0.25) is 0 Å². The molecular formula is C37H39N3O5. The van der Waals surface area contributed by atoms with Crippen LogP contribution in [0.5, 0.6) is 0 Å². The quantitative estimate of drug-likeness (QED) is 0.0559. The molecule has 232 valence electrons. The van der Waals surface area contributed by atoms with Gasteiger partial charge in [0.1, 0.15) is 24.4 Å². The lowest BCUT2D eigenvalue weighted by Crippen LogP contribution is -2.66. The summed E-state index contributed by atoms with van der Waals surface area (Å²) >= 11 is 0. The first-order valence-corrected chi connectivity index (χ1v) is 15.1. The fourth-order valence-corrected chi connectivity index (χ4v) is 5.50. The summed E-state index contributed by atoms with van der Waals surface area (Å²) in [6.07, 6.45) is -0.932. The Hall–Kier alpha value is -4.27. The maximum atomic E-state index is 9.82. The molecule has 45 heavy (non-hydrogen) atoms. The maximum absolute atomic E-state index is 9.82. The lowest BCUT2D eigenvalue weighted by Gasteiger charge is -2.50. The highest BCUT2D eigenvalue weighted by Gasteiger charge is 2.56. The molecule has 0 spiro atoms. The van der Waals surface area contributed by atoms with E-state index in [1.165, 1.54) is 0 Å². The standard InChI is InChI=1S/C37H39N3O5/c1-2-23-37(39-40-38)36(44-27-32-21-13-6-14-22-32)35(43-26-31-19-11-5-12-20-31)34(42-25-30-17-9-4-10-18-30)33(45-37)28-41-24-29-15-7-3-8-16-29/h2-22,33-36H,1,23-28H2/t33-,34-,35+,36-,37+/m1/s1. The lowest BCUT2D eigenvalue weighted by atomic mass is 9.88. The Morgan fingerprint density at radius 3 is 1.58 bits per heavy atom. The van der Waals surface area contributed by atoms with E-state index in [1.54, 1.807) is 6.08 Å². The third-order valence-corrected chi connectivity index (χ3v) is 7.68. The second-order valence-electron chi connectivity index (χ2n) is 10.9. The molecule has 0 aromatic heterocycles. The van der Waals surface area contributed by atoms with Crippen LogP contribution in [0.4, 0.5) is 0 Å². The summed E-state index contributed by atoms with van der Waals surface area (Å²) in [7, 11) is 0. The molecule has 4 aromatic carbocycles. The number of rotatable bonds is 16. The highest BCUT2D eigenvalue weighted by molar-refractivity contribution is 5.17. The Bertz CT molecular complexity index is 1490.